The van der Waals surface area contributed by atoms with Crippen LogP contribution in [-0.4, -0.2) is 64.4 Å². The van der Waals surface area contributed by atoms with Gasteiger partial charge in [-0.05, 0) is 30.4 Å². The molecule has 3 unspecified atom stereocenters. The summed E-state index contributed by atoms with van der Waals surface area (Å²) in [4.78, 5) is 63.9. The van der Waals surface area contributed by atoms with Crippen LogP contribution in [0.3, 0.4) is 0 Å². The molecule has 2 aromatic rings. The number of aromatic amines is 1. The molecule has 0 saturated heterocycles. The van der Waals surface area contributed by atoms with E-state index in [1.807, 2.05) is 38.1 Å². The molecule has 36 heavy (non-hydrogen) atoms. The van der Waals surface area contributed by atoms with Crippen molar-refractivity contribution in [3.63, 3.8) is 0 Å². The Labute approximate surface area is 208 Å². The molecule has 0 radical (unpaired) electrons. The van der Waals surface area contributed by atoms with E-state index in [0.29, 0.717) is 6.42 Å². The molecule has 4 amide bonds. The highest BCUT2D eigenvalue weighted by atomic mass is 16.4. The SMILES string of the molecule is CC(C)CC(N)C(=O)NC(CCC(N)=O)C(=O)NC(Cc1c[nH]c2ccccc12)C(=O)NCC(=O)O. The lowest BCUT2D eigenvalue weighted by Gasteiger charge is -2.24. The second kappa shape index (κ2) is 13.2. The second-order valence-corrected chi connectivity index (χ2v) is 9.04. The van der Waals surface area contributed by atoms with E-state index in [1.54, 1.807) is 6.20 Å². The minimum atomic E-state index is -1.24. The Morgan fingerprint density at radius 3 is 2.31 bits per heavy atom. The number of carbonyl (C=O) groups excluding carboxylic acids is 4. The molecule has 0 aliphatic carbocycles. The number of benzene rings is 1. The van der Waals surface area contributed by atoms with Crippen LogP contribution in [-0.2, 0) is 30.4 Å². The van der Waals surface area contributed by atoms with Gasteiger partial charge >= 0.3 is 5.97 Å². The lowest BCUT2D eigenvalue weighted by Crippen LogP contribution is -2.56. The van der Waals surface area contributed by atoms with Crippen LogP contribution in [0, 0.1) is 5.92 Å². The molecule has 3 atom stereocenters. The third kappa shape index (κ3) is 8.69. The molecule has 1 aromatic heterocycles. The standard InChI is InChI=1S/C24H34N6O6/c1-13(2)9-16(25)22(34)29-18(7-8-20(26)31)24(36)30-19(23(35)28-12-21(32)33)10-14-11-27-17-6-4-3-5-15(14)17/h3-6,11,13,16,18-19,27H,7-10,12,25H2,1-2H3,(H2,26,31)(H,28,35)(H,29,34)(H,30,36)(H,32,33). The van der Waals surface area contributed by atoms with E-state index in [9.17, 15) is 24.0 Å². The summed E-state index contributed by atoms with van der Waals surface area (Å²) < 4.78 is 0. The van der Waals surface area contributed by atoms with Crippen molar-refractivity contribution in [1.29, 1.82) is 0 Å². The number of nitrogens with two attached hydrogens (primary N) is 2. The highest BCUT2D eigenvalue weighted by Gasteiger charge is 2.29. The maximum atomic E-state index is 13.2. The van der Waals surface area contributed by atoms with Crippen molar-refractivity contribution < 1.29 is 29.1 Å². The Balaban J connectivity index is 2.24. The van der Waals surface area contributed by atoms with Crippen LogP contribution in [0.15, 0.2) is 30.5 Å². The Bertz CT molecular complexity index is 1100. The fourth-order valence-electron chi connectivity index (χ4n) is 3.74. The van der Waals surface area contributed by atoms with Crippen molar-refractivity contribution in [2.24, 2.45) is 17.4 Å². The number of para-hydroxylation sites is 1. The van der Waals surface area contributed by atoms with E-state index in [-0.39, 0.29) is 25.2 Å². The van der Waals surface area contributed by atoms with Gasteiger partial charge in [0.2, 0.25) is 23.6 Å². The molecular weight excluding hydrogens is 468 g/mol. The van der Waals surface area contributed by atoms with E-state index < -0.39 is 54.3 Å². The Morgan fingerprint density at radius 2 is 1.67 bits per heavy atom. The molecular formula is C24H34N6O6. The van der Waals surface area contributed by atoms with Crippen LogP contribution in [0.25, 0.3) is 10.9 Å². The maximum Gasteiger partial charge on any atom is 0.322 e. The summed E-state index contributed by atoms with van der Waals surface area (Å²) in [7, 11) is 0. The second-order valence-electron chi connectivity index (χ2n) is 9.04. The smallest absolute Gasteiger partial charge is 0.322 e. The maximum absolute atomic E-state index is 13.2. The Hall–Kier alpha value is -3.93. The van der Waals surface area contributed by atoms with E-state index >= 15 is 0 Å². The first kappa shape index (κ1) is 28.3. The van der Waals surface area contributed by atoms with Crippen LogP contribution in [0.1, 0.15) is 38.7 Å². The number of H-pyrrole nitrogens is 1. The summed E-state index contributed by atoms with van der Waals surface area (Å²) in [6, 6.07) is 4.17. The molecule has 1 aromatic carbocycles. The number of carbonyl (C=O) groups is 5. The number of fused-ring (bicyclic) bond motifs is 1. The quantitative estimate of drug-likeness (QED) is 0.180. The zero-order chi connectivity index (χ0) is 26.8. The largest absolute Gasteiger partial charge is 0.480 e. The van der Waals surface area contributed by atoms with E-state index in [4.69, 9.17) is 16.6 Å². The molecule has 0 saturated carbocycles. The van der Waals surface area contributed by atoms with Gasteiger partial charge in [-0.2, -0.15) is 0 Å². The van der Waals surface area contributed by atoms with Crippen molar-refractivity contribution in [2.45, 2.75) is 57.7 Å². The van der Waals surface area contributed by atoms with Gasteiger partial charge in [-0.25, -0.2) is 0 Å². The molecule has 12 nitrogen and oxygen atoms in total. The molecule has 196 valence electrons. The number of aliphatic carboxylic acids is 1. The lowest BCUT2D eigenvalue weighted by molar-refractivity contribution is -0.138. The third-order valence-corrected chi connectivity index (χ3v) is 5.52. The highest BCUT2D eigenvalue weighted by molar-refractivity contribution is 5.94. The number of hydrogen-bond donors (Lipinski definition) is 7. The predicted molar refractivity (Wildman–Crippen MR) is 132 cm³/mol. The van der Waals surface area contributed by atoms with Crippen LogP contribution in [0.2, 0.25) is 0 Å². The normalized spacial score (nSPS) is 13.6. The van der Waals surface area contributed by atoms with Crippen LogP contribution < -0.4 is 27.4 Å². The first-order chi connectivity index (χ1) is 17.0. The number of nitrogens with one attached hydrogen (secondary N) is 4. The van der Waals surface area contributed by atoms with Crippen LogP contribution in [0.5, 0.6) is 0 Å². The molecule has 0 spiro atoms. The summed E-state index contributed by atoms with van der Waals surface area (Å²) in [5.41, 5.74) is 12.7. The predicted octanol–water partition coefficient (Wildman–Crippen LogP) is -0.480. The van der Waals surface area contributed by atoms with Gasteiger partial charge in [0.25, 0.3) is 0 Å². The molecule has 0 aliphatic heterocycles. The fourth-order valence-corrected chi connectivity index (χ4v) is 3.74. The van der Waals surface area contributed by atoms with E-state index in [0.717, 1.165) is 16.5 Å². The van der Waals surface area contributed by atoms with Crippen molar-refractivity contribution in [2.75, 3.05) is 6.54 Å². The van der Waals surface area contributed by atoms with Gasteiger partial charge < -0.3 is 37.5 Å². The number of aromatic nitrogens is 1. The van der Waals surface area contributed by atoms with Crippen molar-refractivity contribution in [3.8, 4) is 0 Å². The molecule has 1 heterocycles. The highest BCUT2D eigenvalue weighted by Crippen LogP contribution is 2.19. The number of hydrogen-bond acceptors (Lipinski definition) is 6. The van der Waals surface area contributed by atoms with Gasteiger partial charge in [-0.15, -0.1) is 0 Å². The van der Waals surface area contributed by atoms with E-state index in [1.165, 1.54) is 0 Å². The van der Waals surface area contributed by atoms with Crippen LogP contribution in [0.4, 0.5) is 0 Å². The average Bonchev–Trinajstić information content (AvgIpc) is 3.21. The Kier molecular flexibility index (Phi) is 10.4. The number of amides is 4. The summed E-state index contributed by atoms with van der Waals surface area (Å²) in [5, 5.41) is 17.2. The van der Waals surface area contributed by atoms with Crippen LogP contribution >= 0.6 is 0 Å². The molecule has 0 fully saturated rings. The molecule has 2 rings (SSSR count). The minimum absolute atomic E-state index is 0.0462. The number of carboxylic acids is 1. The summed E-state index contributed by atoms with van der Waals surface area (Å²) in [6.07, 6.45) is 1.85. The van der Waals surface area contributed by atoms with Gasteiger partial charge in [0, 0.05) is 29.9 Å². The van der Waals surface area contributed by atoms with Gasteiger partial charge in [0.15, 0.2) is 0 Å². The third-order valence-electron chi connectivity index (χ3n) is 5.52. The monoisotopic (exact) mass is 502 g/mol. The first-order valence-corrected chi connectivity index (χ1v) is 11.7. The van der Waals surface area contributed by atoms with Gasteiger partial charge in [0.1, 0.15) is 18.6 Å². The minimum Gasteiger partial charge on any atom is -0.480 e. The first-order valence-electron chi connectivity index (χ1n) is 11.7. The number of rotatable bonds is 14. The van der Waals surface area contributed by atoms with Gasteiger partial charge in [-0.1, -0.05) is 32.0 Å². The molecule has 9 N–H and O–H groups in total. The zero-order valence-electron chi connectivity index (χ0n) is 20.4. The molecule has 12 heteroatoms. The van der Waals surface area contributed by atoms with Crippen molar-refractivity contribution >= 4 is 40.5 Å². The summed E-state index contributed by atoms with van der Waals surface area (Å²) in [5.74, 6) is -3.78. The van der Waals surface area contributed by atoms with E-state index in [2.05, 4.69) is 20.9 Å². The van der Waals surface area contributed by atoms with Crippen molar-refractivity contribution in [1.82, 2.24) is 20.9 Å². The van der Waals surface area contributed by atoms with Crippen molar-refractivity contribution in [3.05, 3.63) is 36.0 Å². The molecule has 0 bridgehead atoms. The van der Waals surface area contributed by atoms with Gasteiger partial charge in [-0.3, -0.25) is 24.0 Å². The number of primary amides is 1. The summed E-state index contributed by atoms with van der Waals surface area (Å²) in [6.45, 7) is 3.16. The zero-order valence-corrected chi connectivity index (χ0v) is 20.4. The lowest BCUT2D eigenvalue weighted by atomic mass is 10.0. The topological polar surface area (TPSA) is 209 Å². The number of carboxylic acid groups (broad SMARTS) is 1. The Morgan fingerprint density at radius 1 is 1.00 bits per heavy atom. The average molecular weight is 503 g/mol. The summed E-state index contributed by atoms with van der Waals surface area (Å²) >= 11 is 0. The van der Waals surface area contributed by atoms with Gasteiger partial charge in [0.05, 0.1) is 6.04 Å². The molecule has 0 aliphatic rings. The fraction of sp³-hybridized carbons (Fsp3) is 0.458.